The first-order chi connectivity index (χ1) is 6.01. The molecule has 1 saturated heterocycles. The lowest BCUT2D eigenvalue weighted by Gasteiger charge is -2.34. The number of hydrogen-bond acceptors (Lipinski definition) is 1. The van der Waals surface area contributed by atoms with Gasteiger partial charge in [-0.15, -0.1) is 0 Å². The standard InChI is InChI=1S/C11H22BN/c1-10(2)13-8-4-6-11(3,12)7-5-9-13/h10H,4-9H2,1-3H3. The molecule has 0 aliphatic carbocycles. The Hall–Kier alpha value is 0.0249. The van der Waals surface area contributed by atoms with Crippen LogP contribution in [0.2, 0.25) is 5.31 Å². The molecule has 1 nitrogen and oxygen atoms in total. The Labute approximate surface area is 84.3 Å². The average Bonchev–Trinajstić information content (AvgIpc) is 1.97. The summed E-state index contributed by atoms with van der Waals surface area (Å²) in [6.07, 6.45) is 4.86. The number of rotatable bonds is 1. The molecular weight excluding hydrogens is 157 g/mol. The normalized spacial score (nSPS) is 25.5. The van der Waals surface area contributed by atoms with E-state index in [0.29, 0.717) is 6.04 Å². The van der Waals surface area contributed by atoms with Crippen LogP contribution in [0.1, 0.15) is 46.5 Å². The van der Waals surface area contributed by atoms with E-state index in [-0.39, 0.29) is 5.31 Å². The first kappa shape index (κ1) is 11.1. The summed E-state index contributed by atoms with van der Waals surface area (Å²) in [7, 11) is 6.15. The fourth-order valence-corrected chi connectivity index (χ4v) is 2.13. The van der Waals surface area contributed by atoms with Gasteiger partial charge < -0.3 is 4.90 Å². The van der Waals surface area contributed by atoms with Crippen LogP contribution in [0.5, 0.6) is 0 Å². The molecule has 0 aromatic rings. The van der Waals surface area contributed by atoms with E-state index in [4.69, 9.17) is 7.85 Å². The highest BCUT2D eigenvalue weighted by atomic mass is 15.1. The van der Waals surface area contributed by atoms with Crippen molar-refractivity contribution in [2.45, 2.75) is 57.8 Å². The Morgan fingerprint density at radius 3 is 2.00 bits per heavy atom. The molecule has 0 spiro atoms. The van der Waals surface area contributed by atoms with Gasteiger partial charge in [0, 0.05) is 6.04 Å². The highest BCUT2D eigenvalue weighted by Gasteiger charge is 2.21. The molecule has 0 aromatic carbocycles. The molecule has 0 unspecified atom stereocenters. The van der Waals surface area contributed by atoms with E-state index in [1.165, 1.54) is 38.8 Å². The molecule has 0 atom stereocenters. The minimum Gasteiger partial charge on any atom is -0.301 e. The van der Waals surface area contributed by atoms with E-state index in [0.717, 1.165) is 0 Å². The summed E-state index contributed by atoms with van der Waals surface area (Å²) in [6, 6.07) is 0.696. The summed E-state index contributed by atoms with van der Waals surface area (Å²) in [5, 5.41) is 0.100. The fourth-order valence-electron chi connectivity index (χ4n) is 2.13. The van der Waals surface area contributed by atoms with Crippen LogP contribution < -0.4 is 0 Å². The highest BCUT2D eigenvalue weighted by Crippen LogP contribution is 2.34. The Morgan fingerprint density at radius 1 is 1.15 bits per heavy atom. The molecule has 0 amide bonds. The summed E-state index contributed by atoms with van der Waals surface area (Å²) in [5.41, 5.74) is 0. The van der Waals surface area contributed by atoms with Crippen molar-refractivity contribution >= 4 is 7.85 Å². The van der Waals surface area contributed by atoms with E-state index in [1.54, 1.807) is 0 Å². The van der Waals surface area contributed by atoms with Gasteiger partial charge in [0.15, 0.2) is 0 Å². The molecule has 74 valence electrons. The molecule has 0 N–H and O–H groups in total. The van der Waals surface area contributed by atoms with Gasteiger partial charge in [-0.3, -0.25) is 0 Å². The van der Waals surface area contributed by atoms with Crippen molar-refractivity contribution in [3.05, 3.63) is 0 Å². The summed E-state index contributed by atoms with van der Waals surface area (Å²) < 4.78 is 0. The van der Waals surface area contributed by atoms with Gasteiger partial charge in [-0.1, -0.05) is 25.1 Å². The van der Waals surface area contributed by atoms with E-state index in [1.807, 2.05) is 0 Å². The van der Waals surface area contributed by atoms with Crippen LogP contribution in [-0.4, -0.2) is 31.9 Å². The van der Waals surface area contributed by atoms with Gasteiger partial charge in [-0.05, 0) is 39.8 Å². The lowest BCUT2D eigenvalue weighted by molar-refractivity contribution is 0.192. The average molecular weight is 179 g/mol. The first-order valence-corrected chi connectivity index (χ1v) is 5.54. The van der Waals surface area contributed by atoms with Crippen molar-refractivity contribution in [1.29, 1.82) is 0 Å². The Morgan fingerprint density at radius 2 is 1.62 bits per heavy atom. The van der Waals surface area contributed by atoms with Crippen molar-refractivity contribution in [3.8, 4) is 0 Å². The Bertz CT molecular complexity index is 142. The lowest BCUT2D eigenvalue weighted by Crippen LogP contribution is -2.35. The van der Waals surface area contributed by atoms with Crippen LogP contribution >= 0.6 is 0 Å². The zero-order valence-electron chi connectivity index (χ0n) is 9.34. The SMILES string of the molecule is [B]C1(C)CCCN(C(C)C)CCC1. The summed E-state index contributed by atoms with van der Waals surface area (Å²) >= 11 is 0. The van der Waals surface area contributed by atoms with Gasteiger partial charge in [-0.25, -0.2) is 0 Å². The van der Waals surface area contributed by atoms with Gasteiger partial charge in [0.05, 0.1) is 7.85 Å². The maximum Gasteiger partial charge on any atom is 0.0742 e. The smallest absolute Gasteiger partial charge is 0.0742 e. The van der Waals surface area contributed by atoms with Crippen molar-refractivity contribution in [3.63, 3.8) is 0 Å². The zero-order chi connectivity index (χ0) is 9.90. The number of likely N-dealkylation sites (tertiary alicyclic amines) is 1. The molecule has 0 bridgehead atoms. The van der Waals surface area contributed by atoms with E-state index >= 15 is 0 Å². The maximum absolute atomic E-state index is 6.15. The number of nitrogens with zero attached hydrogens (tertiary/aromatic N) is 1. The Kier molecular flexibility index (Phi) is 3.84. The quantitative estimate of drug-likeness (QED) is 0.559. The van der Waals surface area contributed by atoms with Gasteiger partial charge in [-0.2, -0.15) is 0 Å². The monoisotopic (exact) mass is 179 g/mol. The van der Waals surface area contributed by atoms with Gasteiger partial charge >= 0.3 is 0 Å². The summed E-state index contributed by atoms with van der Waals surface area (Å²) in [5.74, 6) is 0. The molecule has 1 aliphatic rings. The molecule has 13 heavy (non-hydrogen) atoms. The van der Waals surface area contributed by atoms with Gasteiger partial charge in [0.1, 0.15) is 0 Å². The van der Waals surface area contributed by atoms with Crippen LogP contribution in [0.25, 0.3) is 0 Å². The maximum atomic E-state index is 6.15. The first-order valence-electron chi connectivity index (χ1n) is 5.54. The molecular formula is C11H22BN. The van der Waals surface area contributed by atoms with Crippen LogP contribution in [0.4, 0.5) is 0 Å². The zero-order valence-corrected chi connectivity index (χ0v) is 9.34. The molecule has 1 aliphatic heterocycles. The van der Waals surface area contributed by atoms with Crippen molar-refractivity contribution < 1.29 is 0 Å². The van der Waals surface area contributed by atoms with Crippen LogP contribution in [0, 0.1) is 0 Å². The van der Waals surface area contributed by atoms with Crippen molar-refractivity contribution in [2.75, 3.05) is 13.1 Å². The second-order valence-electron chi connectivity index (χ2n) is 4.99. The second kappa shape index (κ2) is 4.50. The number of hydrogen-bond donors (Lipinski definition) is 0. The highest BCUT2D eigenvalue weighted by molar-refractivity contribution is 6.14. The molecule has 2 heteroatoms. The van der Waals surface area contributed by atoms with Gasteiger partial charge in [0.2, 0.25) is 0 Å². The van der Waals surface area contributed by atoms with Crippen LogP contribution in [-0.2, 0) is 0 Å². The predicted molar refractivity (Wildman–Crippen MR) is 59.3 cm³/mol. The van der Waals surface area contributed by atoms with E-state index in [9.17, 15) is 0 Å². The van der Waals surface area contributed by atoms with Crippen molar-refractivity contribution in [1.82, 2.24) is 4.90 Å². The summed E-state index contributed by atoms with van der Waals surface area (Å²) in [6.45, 7) is 9.21. The third kappa shape index (κ3) is 3.72. The minimum absolute atomic E-state index is 0.100. The molecule has 0 saturated carbocycles. The van der Waals surface area contributed by atoms with E-state index < -0.39 is 0 Å². The Balaban J connectivity index is 2.39. The fraction of sp³-hybridized carbons (Fsp3) is 1.00. The second-order valence-corrected chi connectivity index (χ2v) is 4.99. The van der Waals surface area contributed by atoms with E-state index in [2.05, 4.69) is 25.7 Å². The molecule has 1 rings (SSSR count). The topological polar surface area (TPSA) is 3.24 Å². The third-order valence-electron chi connectivity index (χ3n) is 3.12. The molecule has 1 fully saturated rings. The third-order valence-corrected chi connectivity index (χ3v) is 3.12. The van der Waals surface area contributed by atoms with Crippen LogP contribution in [0.3, 0.4) is 0 Å². The van der Waals surface area contributed by atoms with Crippen molar-refractivity contribution in [2.24, 2.45) is 0 Å². The minimum atomic E-state index is 0.100. The van der Waals surface area contributed by atoms with Crippen LogP contribution in [0.15, 0.2) is 0 Å². The largest absolute Gasteiger partial charge is 0.301 e. The lowest BCUT2D eigenvalue weighted by atomic mass is 9.64. The molecule has 2 radical (unpaired) electrons. The molecule has 1 heterocycles. The molecule has 0 aromatic heterocycles. The summed E-state index contributed by atoms with van der Waals surface area (Å²) in [4.78, 5) is 2.56. The predicted octanol–water partition coefficient (Wildman–Crippen LogP) is 2.62. The van der Waals surface area contributed by atoms with Gasteiger partial charge in [0.25, 0.3) is 0 Å².